The van der Waals surface area contributed by atoms with Crippen LogP contribution in [0.5, 0.6) is 0 Å². The summed E-state index contributed by atoms with van der Waals surface area (Å²) in [6, 6.07) is 8.73. The molecule has 0 fully saturated rings. The Kier molecular flexibility index (Phi) is 3.91. The second-order valence-electron chi connectivity index (χ2n) is 6.70. The number of hydrogen-bond donors (Lipinski definition) is 0. The van der Waals surface area contributed by atoms with Crippen LogP contribution in [0.4, 0.5) is 0 Å². The Labute approximate surface area is 121 Å². The molecule has 1 nitrogen and oxygen atoms in total. The number of hydrogen-bond acceptors (Lipinski definition) is 2. The molecule has 0 spiro atoms. The van der Waals surface area contributed by atoms with Gasteiger partial charge in [-0.05, 0) is 53.5 Å². The standard InChI is InChI=1S/C16H24OSSi/c1-12(17-19(5,6)16(2,3)4)13-8-7-9-15-14(13)10-11-18-15/h7-12H,1-6H3. The molecule has 104 valence electrons. The number of fused-ring (bicyclic) bond motifs is 1. The maximum absolute atomic E-state index is 6.51. The van der Waals surface area contributed by atoms with Crippen molar-refractivity contribution in [2.75, 3.05) is 0 Å². The zero-order valence-electron chi connectivity index (χ0n) is 12.8. The van der Waals surface area contributed by atoms with Gasteiger partial charge in [-0.15, -0.1) is 11.3 Å². The SMILES string of the molecule is CC(O[Si](C)(C)C(C)(C)C)c1cccc2sccc12. The second kappa shape index (κ2) is 5.04. The smallest absolute Gasteiger partial charge is 0.192 e. The molecule has 0 bridgehead atoms. The van der Waals surface area contributed by atoms with Crippen molar-refractivity contribution in [2.45, 2.75) is 51.9 Å². The van der Waals surface area contributed by atoms with Crippen LogP contribution in [-0.2, 0) is 4.43 Å². The molecule has 1 unspecified atom stereocenters. The summed E-state index contributed by atoms with van der Waals surface area (Å²) in [4.78, 5) is 0. The van der Waals surface area contributed by atoms with Gasteiger partial charge in [-0.1, -0.05) is 32.9 Å². The van der Waals surface area contributed by atoms with E-state index in [2.05, 4.69) is 70.4 Å². The summed E-state index contributed by atoms with van der Waals surface area (Å²) in [5.74, 6) is 0. The molecule has 0 aliphatic heterocycles. The lowest BCUT2D eigenvalue weighted by Gasteiger charge is -2.38. The Morgan fingerprint density at radius 2 is 1.84 bits per heavy atom. The summed E-state index contributed by atoms with van der Waals surface area (Å²) in [5, 5.41) is 3.76. The van der Waals surface area contributed by atoms with Crippen molar-refractivity contribution in [3.8, 4) is 0 Å². The Morgan fingerprint density at radius 1 is 1.16 bits per heavy atom. The van der Waals surface area contributed by atoms with Crippen molar-refractivity contribution in [1.82, 2.24) is 0 Å². The number of rotatable bonds is 3. The summed E-state index contributed by atoms with van der Waals surface area (Å²) < 4.78 is 7.86. The van der Waals surface area contributed by atoms with Gasteiger partial charge in [-0.25, -0.2) is 0 Å². The second-order valence-corrected chi connectivity index (χ2v) is 12.4. The van der Waals surface area contributed by atoms with Gasteiger partial charge in [0.25, 0.3) is 0 Å². The summed E-state index contributed by atoms with van der Waals surface area (Å²) >= 11 is 1.80. The Bertz CT molecular complexity index is 565. The zero-order valence-corrected chi connectivity index (χ0v) is 14.6. The molecule has 0 saturated heterocycles. The van der Waals surface area contributed by atoms with E-state index in [-0.39, 0.29) is 11.1 Å². The quantitative estimate of drug-likeness (QED) is 0.632. The summed E-state index contributed by atoms with van der Waals surface area (Å²) in [7, 11) is -1.71. The van der Waals surface area contributed by atoms with Gasteiger partial charge in [0.05, 0.1) is 6.10 Å². The molecule has 0 radical (unpaired) electrons. The van der Waals surface area contributed by atoms with Crippen LogP contribution in [-0.4, -0.2) is 8.32 Å². The van der Waals surface area contributed by atoms with Crippen LogP contribution in [0.3, 0.4) is 0 Å². The van der Waals surface area contributed by atoms with Gasteiger partial charge in [0.1, 0.15) is 0 Å². The predicted molar refractivity (Wildman–Crippen MR) is 88.5 cm³/mol. The van der Waals surface area contributed by atoms with E-state index >= 15 is 0 Å². The first kappa shape index (κ1) is 14.8. The Hall–Kier alpha value is -0.643. The highest BCUT2D eigenvalue weighted by atomic mass is 32.1. The fourth-order valence-electron chi connectivity index (χ4n) is 2.05. The van der Waals surface area contributed by atoms with Crippen molar-refractivity contribution in [3.05, 3.63) is 35.2 Å². The van der Waals surface area contributed by atoms with Gasteiger partial charge < -0.3 is 4.43 Å². The first-order valence-electron chi connectivity index (χ1n) is 6.86. The van der Waals surface area contributed by atoms with E-state index in [0.717, 1.165) is 0 Å². The molecule has 0 saturated carbocycles. The topological polar surface area (TPSA) is 9.23 Å². The molecule has 1 heterocycles. The van der Waals surface area contributed by atoms with E-state index < -0.39 is 8.32 Å². The van der Waals surface area contributed by atoms with E-state index in [9.17, 15) is 0 Å². The third-order valence-electron chi connectivity index (χ3n) is 4.25. The minimum atomic E-state index is -1.71. The highest BCUT2D eigenvalue weighted by Gasteiger charge is 2.38. The lowest BCUT2D eigenvalue weighted by molar-refractivity contribution is 0.204. The van der Waals surface area contributed by atoms with Crippen molar-refractivity contribution in [1.29, 1.82) is 0 Å². The van der Waals surface area contributed by atoms with Gasteiger partial charge in [0, 0.05) is 4.70 Å². The largest absolute Gasteiger partial charge is 0.410 e. The van der Waals surface area contributed by atoms with E-state index in [4.69, 9.17) is 4.43 Å². The lowest BCUT2D eigenvalue weighted by Crippen LogP contribution is -2.41. The van der Waals surface area contributed by atoms with Crippen molar-refractivity contribution < 1.29 is 4.43 Å². The van der Waals surface area contributed by atoms with Crippen molar-refractivity contribution in [3.63, 3.8) is 0 Å². The summed E-state index contributed by atoms with van der Waals surface area (Å²) in [6.07, 6.45) is 0.166. The first-order chi connectivity index (χ1) is 8.72. The zero-order chi connectivity index (χ0) is 14.3. The lowest BCUT2D eigenvalue weighted by atomic mass is 10.1. The molecule has 3 heteroatoms. The molecule has 1 aromatic heterocycles. The summed E-state index contributed by atoms with van der Waals surface area (Å²) in [6.45, 7) is 13.7. The molecule has 0 aliphatic carbocycles. The average Bonchev–Trinajstić information content (AvgIpc) is 2.73. The third-order valence-corrected chi connectivity index (χ3v) is 9.68. The van der Waals surface area contributed by atoms with Gasteiger partial charge in [0.15, 0.2) is 8.32 Å². The van der Waals surface area contributed by atoms with Crippen molar-refractivity contribution >= 4 is 29.7 Å². The molecule has 2 rings (SSSR count). The van der Waals surface area contributed by atoms with Crippen LogP contribution in [0.15, 0.2) is 29.6 Å². The van der Waals surface area contributed by atoms with Crippen LogP contribution >= 0.6 is 11.3 Å². The van der Waals surface area contributed by atoms with Gasteiger partial charge >= 0.3 is 0 Å². The Balaban J connectivity index is 2.30. The molecular weight excluding hydrogens is 268 g/mol. The third kappa shape index (κ3) is 2.93. The molecule has 19 heavy (non-hydrogen) atoms. The molecule has 0 N–H and O–H groups in total. The van der Waals surface area contributed by atoms with Gasteiger partial charge in [-0.2, -0.15) is 0 Å². The molecule has 0 amide bonds. The highest BCUT2D eigenvalue weighted by Crippen LogP contribution is 2.40. The van der Waals surface area contributed by atoms with Gasteiger partial charge in [-0.3, -0.25) is 0 Å². The molecule has 1 atom stereocenters. The van der Waals surface area contributed by atoms with Gasteiger partial charge in [0.2, 0.25) is 0 Å². The van der Waals surface area contributed by atoms with E-state index in [0.29, 0.717) is 0 Å². The minimum Gasteiger partial charge on any atom is -0.410 e. The number of thiophene rings is 1. The fraction of sp³-hybridized carbons (Fsp3) is 0.500. The predicted octanol–water partition coefficient (Wildman–Crippen LogP) is 5.98. The van der Waals surface area contributed by atoms with Crippen LogP contribution in [0.2, 0.25) is 18.1 Å². The summed E-state index contributed by atoms with van der Waals surface area (Å²) in [5.41, 5.74) is 1.32. The molecular formula is C16H24OSSi. The molecule has 2 aromatic rings. The fourth-order valence-corrected chi connectivity index (χ4v) is 4.24. The van der Waals surface area contributed by atoms with Crippen LogP contribution in [0.1, 0.15) is 39.4 Å². The van der Waals surface area contributed by atoms with Crippen LogP contribution < -0.4 is 0 Å². The Morgan fingerprint density at radius 3 is 2.47 bits per heavy atom. The molecule has 1 aromatic carbocycles. The highest BCUT2D eigenvalue weighted by molar-refractivity contribution is 7.17. The monoisotopic (exact) mass is 292 g/mol. The van der Waals surface area contributed by atoms with Crippen LogP contribution in [0, 0.1) is 0 Å². The normalized spacial score (nSPS) is 14.8. The van der Waals surface area contributed by atoms with E-state index in [1.54, 1.807) is 11.3 Å². The van der Waals surface area contributed by atoms with E-state index in [1.165, 1.54) is 15.6 Å². The maximum Gasteiger partial charge on any atom is 0.192 e. The first-order valence-corrected chi connectivity index (χ1v) is 10.6. The maximum atomic E-state index is 6.51. The van der Waals surface area contributed by atoms with E-state index in [1.807, 2.05) is 0 Å². The average molecular weight is 293 g/mol. The number of benzene rings is 1. The van der Waals surface area contributed by atoms with Crippen molar-refractivity contribution in [2.24, 2.45) is 0 Å². The van der Waals surface area contributed by atoms with Crippen LogP contribution in [0.25, 0.3) is 10.1 Å². The molecule has 0 aliphatic rings. The minimum absolute atomic E-state index is 0.166.